The number of hydrogen-bond acceptors (Lipinski definition) is 4. The highest BCUT2D eigenvalue weighted by molar-refractivity contribution is 9.12. The van der Waals surface area contributed by atoms with Crippen LogP contribution in [-0.2, 0) is 0 Å². The van der Waals surface area contributed by atoms with Crippen LogP contribution in [0.15, 0.2) is 48.5 Å². The molecule has 2 N–H and O–H groups in total. The Kier molecular flexibility index (Phi) is 5.37. The highest BCUT2D eigenvalue weighted by Crippen LogP contribution is 2.24. The van der Waals surface area contributed by atoms with E-state index in [1.807, 2.05) is 0 Å². The molecule has 2 aromatic rings. The van der Waals surface area contributed by atoms with Crippen molar-refractivity contribution in [2.45, 2.75) is 9.65 Å². The molecule has 0 aliphatic heterocycles. The molecule has 0 aliphatic rings. The van der Waals surface area contributed by atoms with Gasteiger partial charge in [-0.2, -0.15) is 0 Å². The minimum Gasteiger partial charge on any atom is -0.508 e. The number of hydrogen-bond donors (Lipinski definition) is 2. The van der Waals surface area contributed by atoms with Crippen LogP contribution in [0.25, 0.3) is 0 Å². The number of benzene rings is 2. The lowest BCUT2D eigenvalue weighted by Gasteiger charge is -2.15. The van der Waals surface area contributed by atoms with Crippen molar-refractivity contribution < 1.29 is 19.8 Å². The van der Waals surface area contributed by atoms with E-state index in [-0.39, 0.29) is 23.1 Å². The first-order valence-corrected chi connectivity index (χ1v) is 8.18. The molecule has 6 heteroatoms. The highest BCUT2D eigenvalue weighted by Gasteiger charge is 2.30. The van der Waals surface area contributed by atoms with Crippen LogP contribution in [0.3, 0.4) is 0 Å². The van der Waals surface area contributed by atoms with E-state index >= 15 is 0 Å². The van der Waals surface area contributed by atoms with Gasteiger partial charge in [0, 0.05) is 11.1 Å². The molecule has 22 heavy (non-hydrogen) atoms. The molecule has 0 fully saturated rings. The lowest BCUT2D eigenvalue weighted by Crippen LogP contribution is -2.31. The first kappa shape index (κ1) is 16.7. The van der Waals surface area contributed by atoms with Gasteiger partial charge in [0.25, 0.3) is 0 Å². The Labute approximate surface area is 144 Å². The van der Waals surface area contributed by atoms with Crippen LogP contribution in [0.2, 0.25) is 0 Å². The van der Waals surface area contributed by atoms with Gasteiger partial charge in [-0.15, -0.1) is 0 Å². The van der Waals surface area contributed by atoms with E-state index in [2.05, 4.69) is 31.9 Å². The predicted molar refractivity (Wildman–Crippen MR) is 90.3 cm³/mol. The molecule has 0 radical (unpaired) electrons. The van der Waals surface area contributed by atoms with Gasteiger partial charge in [0.15, 0.2) is 11.6 Å². The van der Waals surface area contributed by atoms with E-state index in [1.165, 1.54) is 48.5 Å². The van der Waals surface area contributed by atoms with Crippen LogP contribution < -0.4 is 0 Å². The second kappa shape index (κ2) is 7.07. The van der Waals surface area contributed by atoms with E-state index in [9.17, 15) is 19.8 Å². The summed E-state index contributed by atoms with van der Waals surface area (Å²) < 4.78 is 0. The summed E-state index contributed by atoms with van der Waals surface area (Å²) in [5.74, 6) is -0.403. The lowest BCUT2D eigenvalue weighted by molar-refractivity contribution is 0.0934. The van der Waals surface area contributed by atoms with Crippen LogP contribution in [0.5, 0.6) is 11.5 Å². The molecule has 0 aliphatic carbocycles. The summed E-state index contributed by atoms with van der Waals surface area (Å²) in [6.45, 7) is 0. The third-order valence-corrected chi connectivity index (χ3v) is 5.66. The number of carbonyl (C=O) groups is 2. The van der Waals surface area contributed by atoms with Gasteiger partial charge in [0.2, 0.25) is 0 Å². The van der Waals surface area contributed by atoms with Crippen LogP contribution in [-0.4, -0.2) is 31.4 Å². The molecule has 114 valence electrons. The zero-order valence-electron chi connectivity index (χ0n) is 11.2. The Morgan fingerprint density at radius 1 is 0.682 bits per heavy atom. The number of aromatic hydroxyl groups is 2. The topological polar surface area (TPSA) is 74.6 Å². The van der Waals surface area contributed by atoms with Gasteiger partial charge >= 0.3 is 0 Å². The SMILES string of the molecule is O=C(c1ccc(O)cc1)[C@@H](Br)[C@@H](Br)C(=O)c1ccc(O)cc1. The normalized spacial score (nSPS) is 13.4. The molecule has 2 rings (SSSR count). The molecule has 0 aromatic heterocycles. The van der Waals surface area contributed by atoms with Crippen LogP contribution in [0, 0.1) is 0 Å². The molecule has 0 bridgehead atoms. The largest absolute Gasteiger partial charge is 0.508 e. The van der Waals surface area contributed by atoms with Crippen molar-refractivity contribution in [3.05, 3.63) is 59.7 Å². The Hall–Kier alpha value is -1.66. The summed E-state index contributed by atoms with van der Waals surface area (Å²) in [4.78, 5) is 23.2. The summed E-state index contributed by atoms with van der Waals surface area (Å²) in [5.41, 5.74) is 0.783. The van der Waals surface area contributed by atoms with Crippen molar-refractivity contribution in [1.82, 2.24) is 0 Å². The maximum atomic E-state index is 12.3. The zero-order chi connectivity index (χ0) is 16.3. The Bertz CT molecular complexity index is 619. The summed E-state index contributed by atoms with van der Waals surface area (Å²) in [6.07, 6.45) is 0. The molecule has 2 aromatic carbocycles. The minimum absolute atomic E-state index is 0.0678. The van der Waals surface area contributed by atoms with Crippen LogP contribution in [0.4, 0.5) is 0 Å². The third kappa shape index (κ3) is 3.75. The van der Waals surface area contributed by atoms with Crippen molar-refractivity contribution in [3.63, 3.8) is 0 Å². The highest BCUT2D eigenvalue weighted by atomic mass is 79.9. The fourth-order valence-corrected chi connectivity index (χ4v) is 2.84. The Morgan fingerprint density at radius 3 is 1.23 bits per heavy atom. The van der Waals surface area contributed by atoms with Crippen LogP contribution in [0.1, 0.15) is 20.7 Å². The molecule has 0 spiro atoms. The quantitative estimate of drug-likeness (QED) is 0.563. The zero-order valence-corrected chi connectivity index (χ0v) is 14.4. The number of ketones is 2. The summed E-state index contributed by atoms with van der Waals surface area (Å²) in [5, 5.41) is 18.5. The van der Waals surface area contributed by atoms with E-state index in [1.54, 1.807) is 0 Å². The molecule has 0 amide bonds. The van der Waals surface area contributed by atoms with Gasteiger partial charge in [-0.1, -0.05) is 31.9 Å². The standard InChI is InChI=1S/C16H12Br2O4/c17-13(15(21)9-1-5-11(19)6-2-9)14(18)16(22)10-3-7-12(20)8-4-10/h1-8,13-14,19-20H/t13-,14+. The second-order valence-corrected chi connectivity index (χ2v) is 6.60. The second-order valence-electron chi connectivity index (χ2n) is 4.63. The van der Waals surface area contributed by atoms with E-state index in [0.717, 1.165) is 0 Å². The maximum Gasteiger partial charge on any atom is 0.178 e. The number of phenolic OH excluding ortho intramolecular Hbond substituents is 2. The molecular formula is C16H12Br2O4. The van der Waals surface area contributed by atoms with Crippen molar-refractivity contribution >= 4 is 43.4 Å². The van der Waals surface area contributed by atoms with E-state index in [4.69, 9.17) is 0 Å². The number of alkyl halides is 2. The Balaban J connectivity index is 2.15. The first-order valence-electron chi connectivity index (χ1n) is 6.35. The number of rotatable bonds is 5. The molecule has 0 unspecified atom stereocenters. The average Bonchev–Trinajstić information content (AvgIpc) is 2.53. The van der Waals surface area contributed by atoms with Gasteiger partial charge < -0.3 is 10.2 Å². The molecule has 0 heterocycles. The minimum atomic E-state index is -0.752. The molecule has 4 nitrogen and oxygen atoms in total. The van der Waals surface area contributed by atoms with Gasteiger partial charge in [-0.3, -0.25) is 9.59 Å². The summed E-state index contributed by atoms with van der Waals surface area (Å²) in [6, 6.07) is 11.6. The number of phenols is 2. The number of carbonyl (C=O) groups excluding carboxylic acids is 2. The first-order chi connectivity index (χ1) is 10.4. The Morgan fingerprint density at radius 2 is 0.955 bits per heavy atom. The fraction of sp³-hybridized carbons (Fsp3) is 0.125. The third-order valence-electron chi connectivity index (χ3n) is 3.06. The van der Waals surface area contributed by atoms with E-state index < -0.39 is 9.65 Å². The molecule has 0 saturated carbocycles. The van der Waals surface area contributed by atoms with Gasteiger partial charge in [-0.25, -0.2) is 0 Å². The maximum absolute atomic E-state index is 12.3. The average molecular weight is 428 g/mol. The van der Waals surface area contributed by atoms with Crippen molar-refractivity contribution in [2.75, 3.05) is 0 Å². The van der Waals surface area contributed by atoms with Gasteiger partial charge in [-0.05, 0) is 48.5 Å². The monoisotopic (exact) mass is 426 g/mol. The lowest BCUT2D eigenvalue weighted by atomic mass is 10.0. The number of Topliss-reactive ketones (excluding diaryl/α,β-unsaturated/α-hetero) is 2. The fourth-order valence-electron chi connectivity index (χ4n) is 1.84. The molecule has 2 atom stereocenters. The molecule has 0 saturated heterocycles. The summed E-state index contributed by atoms with van der Waals surface area (Å²) in [7, 11) is 0. The van der Waals surface area contributed by atoms with Crippen molar-refractivity contribution in [1.29, 1.82) is 0 Å². The summed E-state index contributed by atoms with van der Waals surface area (Å²) >= 11 is 6.49. The van der Waals surface area contributed by atoms with Crippen molar-refractivity contribution in [2.24, 2.45) is 0 Å². The smallest absolute Gasteiger partial charge is 0.178 e. The predicted octanol–water partition coefficient (Wildman–Crippen LogP) is 3.69. The van der Waals surface area contributed by atoms with Gasteiger partial charge in [0.1, 0.15) is 11.5 Å². The van der Waals surface area contributed by atoms with Gasteiger partial charge in [0.05, 0.1) is 9.65 Å². The van der Waals surface area contributed by atoms with E-state index in [0.29, 0.717) is 11.1 Å². The van der Waals surface area contributed by atoms with Crippen LogP contribution >= 0.6 is 31.9 Å². The van der Waals surface area contributed by atoms with Crippen molar-refractivity contribution in [3.8, 4) is 11.5 Å². The number of halogens is 2. The molecular weight excluding hydrogens is 416 g/mol.